The van der Waals surface area contributed by atoms with Gasteiger partial charge in [0.25, 0.3) is 0 Å². The van der Waals surface area contributed by atoms with Gasteiger partial charge in [-0.05, 0) is 31.5 Å². The van der Waals surface area contributed by atoms with Crippen molar-refractivity contribution >= 4 is 0 Å². The number of pyridine rings is 1. The van der Waals surface area contributed by atoms with E-state index in [1.165, 1.54) is 0 Å². The maximum atomic E-state index is 10.3. The van der Waals surface area contributed by atoms with Crippen molar-refractivity contribution in [1.82, 2.24) is 9.88 Å². The molecule has 1 saturated heterocycles. The first kappa shape index (κ1) is 13.5. The second-order valence-electron chi connectivity index (χ2n) is 5.12. The number of ether oxygens (including phenoxy) is 1. The van der Waals surface area contributed by atoms with Gasteiger partial charge in [-0.15, -0.1) is 0 Å². The maximum absolute atomic E-state index is 10.3. The fourth-order valence-electron chi connectivity index (χ4n) is 2.29. The molecule has 0 aromatic carbocycles. The van der Waals surface area contributed by atoms with Crippen LogP contribution in [-0.2, 0) is 11.2 Å². The third kappa shape index (κ3) is 3.51. The number of hydrogen-bond acceptors (Lipinski definition) is 4. The molecule has 0 radical (unpaired) electrons. The Hall–Kier alpha value is -0.970. The van der Waals surface area contributed by atoms with Crippen LogP contribution in [0.1, 0.15) is 19.4 Å². The summed E-state index contributed by atoms with van der Waals surface area (Å²) in [7, 11) is 0. The number of aliphatic hydroxyl groups is 1. The molecule has 100 valence electrons. The molecule has 0 bridgehead atoms. The van der Waals surface area contributed by atoms with Crippen LogP contribution in [0.3, 0.4) is 0 Å². The van der Waals surface area contributed by atoms with Crippen LogP contribution in [0, 0.1) is 0 Å². The van der Waals surface area contributed by atoms with E-state index in [9.17, 15) is 5.11 Å². The summed E-state index contributed by atoms with van der Waals surface area (Å²) < 4.78 is 5.69. The van der Waals surface area contributed by atoms with E-state index in [-0.39, 0.29) is 6.10 Å². The van der Waals surface area contributed by atoms with Crippen molar-refractivity contribution in [3.05, 3.63) is 30.1 Å². The fraction of sp³-hybridized carbons (Fsp3) is 0.643. The number of aliphatic hydroxyl groups excluding tert-OH is 1. The van der Waals surface area contributed by atoms with Gasteiger partial charge in [0.2, 0.25) is 0 Å². The number of rotatable bonds is 4. The summed E-state index contributed by atoms with van der Waals surface area (Å²) in [4.78, 5) is 6.33. The number of aromatic nitrogens is 1. The molecule has 1 aliphatic heterocycles. The van der Waals surface area contributed by atoms with Gasteiger partial charge >= 0.3 is 0 Å². The molecule has 1 aromatic rings. The molecule has 2 unspecified atom stereocenters. The topological polar surface area (TPSA) is 45.6 Å². The lowest BCUT2D eigenvalue weighted by atomic mass is 10.0. The molecular formula is C14H22N2O2. The Bertz CT molecular complexity index is 356. The molecule has 1 N–H and O–H groups in total. The Morgan fingerprint density at radius 3 is 2.83 bits per heavy atom. The predicted octanol–water partition coefficient (Wildman–Crippen LogP) is 1.09. The monoisotopic (exact) mass is 250 g/mol. The van der Waals surface area contributed by atoms with Crippen LogP contribution >= 0.6 is 0 Å². The van der Waals surface area contributed by atoms with Crippen molar-refractivity contribution in [2.75, 3.05) is 19.7 Å². The maximum Gasteiger partial charge on any atom is 0.0964 e. The molecule has 0 aliphatic carbocycles. The summed E-state index contributed by atoms with van der Waals surface area (Å²) in [5.41, 5.74) is 1.10. The van der Waals surface area contributed by atoms with E-state index in [4.69, 9.17) is 4.74 Å². The fourth-order valence-corrected chi connectivity index (χ4v) is 2.29. The van der Waals surface area contributed by atoms with Gasteiger partial charge in [0.1, 0.15) is 0 Å². The van der Waals surface area contributed by atoms with Crippen molar-refractivity contribution in [2.24, 2.45) is 0 Å². The van der Waals surface area contributed by atoms with Gasteiger partial charge in [0.15, 0.2) is 0 Å². The highest BCUT2D eigenvalue weighted by Gasteiger charge is 2.27. The van der Waals surface area contributed by atoms with Crippen molar-refractivity contribution in [3.63, 3.8) is 0 Å². The summed E-state index contributed by atoms with van der Waals surface area (Å²) in [6, 6.07) is 4.38. The summed E-state index contributed by atoms with van der Waals surface area (Å²) in [5, 5.41) is 10.3. The molecular weight excluding hydrogens is 228 g/mol. The van der Waals surface area contributed by atoms with Crippen LogP contribution in [0.2, 0.25) is 0 Å². The molecule has 2 heterocycles. The lowest BCUT2D eigenvalue weighted by molar-refractivity contribution is -0.0940. The second-order valence-corrected chi connectivity index (χ2v) is 5.12. The van der Waals surface area contributed by atoms with Gasteiger partial charge in [-0.3, -0.25) is 9.88 Å². The highest BCUT2D eigenvalue weighted by Crippen LogP contribution is 2.14. The van der Waals surface area contributed by atoms with Crippen LogP contribution < -0.4 is 0 Å². The lowest BCUT2D eigenvalue weighted by Crippen LogP contribution is -2.50. The predicted molar refractivity (Wildman–Crippen MR) is 70.4 cm³/mol. The SMILES string of the molecule is CC(C)N1CCOC(C(O)Cc2ccncc2)C1. The van der Waals surface area contributed by atoms with E-state index >= 15 is 0 Å². The van der Waals surface area contributed by atoms with Crippen molar-refractivity contribution in [3.8, 4) is 0 Å². The van der Waals surface area contributed by atoms with Gasteiger partial charge in [-0.2, -0.15) is 0 Å². The first-order valence-electron chi connectivity index (χ1n) is 6.59. The summed E-state index contributed by atoms with van der Waals surface area (Å²) in [6.45, 7) is 6.82. The van der Waals surface area contributed by atoms with Crippen LogP contribution in [0.4, 0.5) is 0 Å². The minimum absolute atomic E-state index is 0.0886. The zero-order valence-corrected chi connectivity index (χ0v) is 11.1. The van der Waals surface area contributed by atoms with Crippen LogP contribution in [0.15, 0.2) is 24.5 Å². The number of nitrogens with zero attached hydrogens (tertiary/aromatic N) is 2. The molecule has 2 rings (SSSR count). The Morgan fingerprint density at radius 2 is 2.17 bits per heavy atom. The molecule has 0 saturated carbocycles. The third-order valence-corrected chi connectivity index (χ3v) is 3.48. The highest BCUT2D eigenvalue weighted by molar-refractivity contribution is 5.11. The normalized spacial score (nSPS) is 23.2. The van der Waals surface area contributed by atoms with Gasteiger partial charge < -0.3 is 9.84 Å². The van der Waals surface area contributed by atoms with E-state index in [1.807, 2.05) is 12.1 Å². The molecule has 1 fully saturated rings. The average Bonchev–Trinajstić information content (AvgIpc) is 2.40. The zero-order valence-electron chi connectivity index (χ0n) is 11.1. The first-order chi connectivity index (χ1) is 8.66. The highest BCUT2D eigenvalue weighted by atomic mass is 16.5. The summed E-state index contributed by atoms with van der Waals surface area (Å²) in [5.74, 6) is 0. The smallest absolute Gasteiger partial charge is 0.0964 e. The van der Waals surface area contributed by atoms with Crippen molar-refractivity contribution < 1.29 is 9.84 Å². The lowest BCUT2D eigenvalue weighted by Gasteiger charge is -2.37. The average molecular weight is 250 g/mol. The van der Waals surface area contributed by atoms with E-state index in [2.05, 4.69) is 23.7 Å². The first-order valence-corrected chi connectivity index (χ1v) is 6.59. The Balaban J connectivity index is 1.90. The largest absolute Gasteiger partial charge is 0.390 e. The van der Waals surface area contributed by atoms with E-state index < -0.39 is 6.10 Å². The van der Waals surface area contributed by atoms with Crippen molar-refractivity contribution in [2.45, 2.75) is 38.5 Å². The number of morpholine rings is 1. The van der Waals surface area contributed by atoms with E-state index in [0.717, 1.165) is 18.7 Å². The van der Waals surface area contributed by atoms with Gasteiger partial charge in [0.05, 0.1) is 18.8 Å². The molecule has 1 aliphatic rings. The molecule has 18 heavy (non-hydrogen) atoms. The Kier molecular flexibility index (Phi) is 4.69. The summed E-state index contributed by atoms with van der Waals surface area (Å²) in [6.07, 6.45) is 3.59. The zero-order chi connectivity index (χ0) is 13.0. The second kappa shape index (κ2) is 6.27. The van der Waals surface area contributed by atoms with Gasteiger partial charge in [-0.25, -0.2) is 0 Å². The Labute approximate surface area is 109 Å². The van der Waals surface area contributed by atoms with Gasteiger partial charge in [0, 0.05) is 37.9 Å². The summed E-state index contributed by atoms with van der Waals surface area (Å²) >= 11 is 0. The molecule has 4 nitrogen and oxygen atoms in total. The molecule has 0 spiro atoms. The van der Waals surface area contributed by atoms with E-state index in [0.29, 0.717) is 19.1 Å². The molecule has 1 aromatic heterocycles. The van der Waals surface area contributed by atoms with E-state index in [1.54, 1.807) is 12.4 Å². The van der Waals surface area contributed by atoms with Crippen LogP contribution in [0.5, 0.6) is 0 Å². The standard InChI is InChI=1S/C14H22N2O2/c1-11(2)16-7-8-18-14(10-16)13(17)9-12-3-5-15-6-4-12/h3-6,11,13-14,17H,7-10H2,1-2H3. The van der Waals surface area contributed by atoms with Crippen molar-refractivity contribution in [1.29, 1.82) is 0 Å². The van der Waals surface area contributed by atoms with Crippen LogP contribution in [0.25, 0.3) is 0 Å². The minimum Gasteiger partial charge on any atom is -0.390 e. The molecule has 0 amide bonds. The number of hydrogen-bond donors (Lipinski definition) is 1. The van der Waals surface area contributed by atoms with Crippen LogP contribution in [-0.4, -0.2) is 52.9 Å². The minimum atomic E-state index is -0.450. The third-order valence-electron chi connectivity index (χ3n) is 3.48. The molecule has 2 atom stereocenters. The van der Waals surface area contributed by atoms with Gasteiger partial charge in [-0.1, -0.05) is 0 Å². The Morgan fingerprint density at radius 1 is 1.44 bits per heavy atom. The molecule has 4 heteroatoms. The quantitative estimate of drug-likeness (QED) is 0.869.